The smallest absolute Gasteiger partial charge is 0.328 e. The van der Waals surface area contributed by atoms with Crippen molar-refractivity contribution in [3.63, 3.8) is 0 Å². The lowest BCUT2D eigenvalue weighted by molar-refractivity contribution is -0.134. The molecule has 3 N–H and O–H groups in total. The van der Waals surface area contributed by atoms with E-state index in [-0.39, 0.29) is 55.2 Å². The number of ether oxygens (including phenoxy) is 2. The third kappa shape index (κ3) is 6.95. The van der Waals surface area contributed by atoms with Crippen LogP contribution in [0.4, 0.5) is 5.82 Å². The summed E-state index contributed by atoms with van der Waals surface area (Å²) in [7, 11) is 3.61. The highest BCUT2D eigenvalue weighted by molar-refractivity contribution is 5.85. The van der Waals surface area contributed by atoms with Crippen LogP contribution in [0.25, 0.3) is 11.2 Å². The SMILES string of the molecule is COCCOc1nc(N)c2[nH]c(=O)n(Cc3ccc(CCC(=O)CCC(=O)N4CCN(C)CC4)cc3)c2n1. The first-order valence-corrected chi connectivity index (χ1v) is 12.8. The monoisotopic (exact) mass is 525 g/mol. The molecule has 0 saturated carbocycles. The molecule has 204 valence electrons. The summed E-state index contributed by atoms with van der Waals surface area (Å²) >= 11 is 0. The first-order valence-electron chi connectivity index (χ1n) is 12.8. The number of piperazine rings is 1. The van der Waals surface area contributed by atoms with E-state index in [0.717, 1.165) is 37.3 Å². The van der Waals surface area contributed by atoms with Gasteiger partial charge in [0.15, 0.2) is 11.5 Å². The minimum Gasteiger partial charge on any atom is -0.461 e. The lowest BCUT2D eigenvalue weighted by Gasteiger charge is -2.32. The fourth-order valence-corrected chi connectivity index (χ4v) is 4.32. The van der Waals surface area contributed by atoms with E-state index in [0.29, 0.717) is 30.6 Å². The third-order valence-corrected chi connectivity index (χ3v) is 6.68. The van der Waals surface area contributed by atoms with Gasteiger partial charge >= 0.3 is 11.7 Å². The molecule has 0 spiro atoms. The molecule has 0 unspecified atom stereocenters. The number of hydrogen-bond acceptors (Lipinski definition) is 9. The minimum atomic E-state index is -0.351. The normalized spacial score (nSPS) is 14.2. The van der Waals surface area contributed by atoms with E-state index in [4.69, 9.17) is 15.2 Å². The summed E-state index contributed by atoms with van der Waals surface area (Å²) in [5, 5.41) is 0. The van der Waals surface area contributed by atoms with Gasteiger partial charge in [-0.15, -0.1) is 0 Å². The molecule has 12 nitrogen and oxygen atoms in total. The van der Waals surface area contributed by atoms with Crippen LogP contribution in [0.1, 0.15) is 30.4 Å². The van der Waals surface area contributed by atoms with Gasteiger partial charge < -0.3 is 30.0 Å². The average Bonchev–Trinajstić information content (AvgIpc) is 3.22. The number of benzene rings is 1. The maximum atomic E-state index is 12.6. The number of aromatic nitrogens is 4. The van der Waals surface area contributed by atoms with Gasteiger partial charge in [0.25, 0.3) is 0 Å². The Hall–Kier alpha value is -3.77. The zero-order chi connectivity index (χ0) is 27.1. The van der Waals surface area contributed by atoms with Crippen molar-refractivity contribution in [3.05, 3.63) is 45.9 Å². The number of aryl methyl sites for hydroxylation is 1. The standard InChI is InChI=1S/C26H35N7O5/c1-31-11-13-32(14-12-31)21(35)10-9-20(34)8-7-18-3-5-19(6-4-18)17-33-24-22(28-26(33)36)23(27)29-25(30-24)38-16-15-37-2/h3-6H,7-17H2,1-2H3,(H,28,36)(H2,27,29,30). The fraction of sp³-hybridized carbons (Fsp3) is 0.500. The van der Waals surface area contributed by atoms with Gasteiger partial charge in [0, 0.05) is 52.6 Å². The van der Waals surface area contributed by atoms with E-state index in [1.165, 1.54) is 4.57 Å². The van der Waals surface area contributed by atoms with Crippen LogP contribution in [-0.2, 0) is 27.3 Å². The Balaban J connectivity index is 1.31. The maximum absolute atomic E-state index is 12.6. The Morgan fingerprint density at radius 2 is 1.71 bits per heavy atom. The maximum Gasteiger partial charge on any atom is 0.328 e. The molecule has 0 bridgehead atoms. The van der Waals surface area contributed by atoms with Gasteiger partial charge in [-0.05, 0) is 24.6 Å². The fourth-order valence-electron chi connectivity index (χ4n) is 4.32. The number of likely N-dealkylation sites (N-methyl/N-ethyl adjacent to an activating group) is 1. The van der Waals surface area contributed by atoms with Crippen LogP contribution < -0.4 is 16.2 Å². The van der Waals surface area contributed by atoms with E-state index in [1.807, 2.05) is 36.2 Å². The number of anilines is 1. The number of fused-ring (bicyclic) bond motifs is 1. The average molecular weight is 526 g/mol. The Morgan fingerprint density at radius 1 is 1.00 bits per heavy atom. The second-order valence-corrected chi connectivity index (χ2v) is 9.49. The van der Waals surface area contributed by atoms with Crippen molar-refractivity contribution in [2.45, 2.75) is 32.2 Å². The molecule has 2 aromatic heterocycles. The van der Waals surface area contributed by atoms with Gasteiger partial charge in [-0.1, -0.05) is 24.3 Å². The molecule has 0 atom stereocenters. The summed E-state index contributed by atoms with van der Waals surface area (Å²) < 4.78 is 11.9. The zero-order valence-electron chi connectivity index (χ0n) is 21.9. The van der Waals surface area contributed by atoms with Crippen molar-refractivity contribution < 1.29 is 19.1 Å². The summed E-state index contributed by atoms with van der Waals surface area (Å²) in [5.74, 6) is 0.273. The molecule has 4 rings (SSSR count). The van der Waals surface area contributed by atoms with Crippen molar-refractivity contribution in [1.82, 2.24) is 29.3 Å². The first kappa shape index (κ1) is 27.3. The Morgan fingerprint density at radius 3 is 2.42 bits per heavy atom. The number of nitrogen functional groups attached to an aromatic ring is 1. The number of hydrogen-bond donors (Lipinski definition) is 2. The molecule has 3 heterocycles. The lowest BCUT2D eigenvalue weighted by atomic mass is 10.0. The summed E-state index contributed by atoms with van der Waals surface area (Å²) in [4.78, 5) is 52.5. The predicted octanol–water partition coefficient (Wildman–Crippen LogP) is 0.831. The number of ketones is 1. The predicted molar refractivity (Wildman–Crippen MR) is 142 cm³/mol. The summed E-state index contributed by atoms with van der Waals surface area (Å²) in [6.07, 6.45) is 1.53. The molecular weight excluding hydrogens is 490 g/mol. The van der Waals surface area contributed by atoms with Crippen LogP contribution >= 0.6 is 0 Å². The highest BCUT2D eigenvalue weighted by Gasteiger charge is 2.19. The molecule has 1 saturated heterocycles. The van der Waals surface area contributed by atoms with Crippen LogP contribution in [-0.4, -0.2) is 94.6 Å². The van der Waals surface area contributed by atoms with Crippen molar-refractivity contribution in [3.8, 4) is 6.01 Å². The molecule has 1 fully saturated rings. The number of carbonyl (C=O) groups is 2. The van der Waals surface area contributed by atoms with Crippen molar-refractivity contribution in [2.75, 3.05) is 59.3 Å². The number of nitrogens with two attached hydrogens (primary N) is 1. The number of nitrogens with one attached hydrogen (secondary N) is 1. The first-order chi connectivity index (χ1) is 18.3. The zero-order valence-corrected chi connectivity index (χ0v) is 21.9. The summed E-state index contributed by atoms with van der Waals surface area (Å²) in [6, 6.07) is 7.80. The molecule has 1 aromatic carbocycles. The number of Topliss-reactive ketones (excluding diaryl/α,β-unsaturated/α-hetero) is 1. The largest absolute Gasteiger partial charge is 0.461 e. The number of rotatable bonds is 12. The van der Waals surface area contributed by atoms with Crippen LogP contribution in [0.5, 0.6) is 6.01 Å². The van der Waals surface area contributed by atoms with Crippen LogP contribution in [0.15, 0.2) is 29.1 Å². The lowest BCUT2D eigenvalue weighted by Crippen LogP contribution is -2.47. The van der Waals surface area contributed by atoms with Gasteiger partial charge in [0.05, 0.1) is 13.2 Å². The second kappa shape index (κ2) is 12.7. The molecule has 12 heteroatoms. The minimum absolute atomic E-state index is 0.0593. The molecule has 0 radical (unpaired) electrons. The Labute approximate surface area is 220 Å². The van der Waals surface area contributed by atoms with Crippen LogP contribution in [0, 0.1) is 0 Å². The van der Waals surface area contributed by atoms with E-state index in [9.17, 15) is 14.4 Å². The molecule has 1 amide bonds. The van der Waals surface area contributed by atoms with E-state index < -0.39 is 0 Å². The quantitative estimate of drug-likeness (QED) is 0.328. The number of aromatic amines is 1. The topological polar surface area (TPSA) is 149 Å². The van der Waals surface area contributed by atoms with E-state index >= 15 is 0 Å². The van der Waals surface area contributed by atoms with Crippen LogP contribution in [0.3, 0.4) is 0 Å². The number of nitrogens with zero attached hydrogens (tertiary/aromatic N) is 5. The van der Waals surface area contributed by atoms with Crippen molar-refractivity contribution in [2.24, 2.45) is 0 Å². The highest BCUT2D eigenvalue weighted by Crippen LogP contribution is 2.19. The molecule has 1 aliphatic heterocycles. The Bertz CT molecular complexity index is 1310. The van der Waals surface area contributed by atoms with Gasteiger partial charge in [-0.25, -0.2) is 4.79 Å². The molecule has 0 aliphatic carbocycles. The van der Waals surface area contributed by atoms with Crippen molar-refractivity contribution in [1.29, 1.82) is 0 Å². The van der Waals surface area contributed by atoms with Gasteiger partial charge in [-0.3, -0.25) is 14.2 Å². The van der Waals surface area contributed by atoms with Gasteiger partial charge in [0.1, 0.15) is 17.9 Å². The summed E-state index contributed by atoms with van der Waals surface area (Å²) in [6.45, 7) is 4.10. The third-order valence-electron chi connectivity index (χ3n) is 6.68. The number of methoxy groups -OCH3 is 1. The summed E-state index contributed by atoms with van der Waals surface area (Å²) in [5.41, 5.74) is 8.26. The molecule has 1 aliphatic rings. The van der Waals surface area contributed by atoms with E-state index in [1.54, 1.807) is 7.11 Å². The van der Waals surface area contributed by atoms with E-state index in [2.05, 4.69) is 19.9 Å². The molecule has 38 heavy (non-hydrogen) atoms. The number of imidazole rings is 1. The number of amides is 1. The molecular formula is C26H35N7O5. The number of H-pyrrole nitrogens is 1. The second-order valence-electron chi connectivity index (χ2n) is 9.49. The van der Waals surface area contributed by atoms with Crippen LogP contribution in [0.2, 0.25) is 0 Å². The highest BCUT2D eigenvalue weighted by atomic mass is 16.5. The Kier molecular flexibility index (Phi) is 9.08. The molecule has 3 aromatic rings. The number of carbonyl (C=O) groups excluding carboxylic acids is 2. The van der Waals surface area contributed by atoms with Crippen molar-refractivity contribution >= 4 is 28.7 Å². The van der Waals surface area contributed by atoms with Gasteiger partial charge in [-0.2, -0.15) is 9.97 Å². The van der Waals surface area contributed by atoms with Gasteiger partial charge in [0.2, 0.25) is 5.91 Å².